The first-order valence-corrected chi connectivity index (χ1v) is 12.1. The number of nitrogens with zero attached hydrogens (tertiary/aromatic N) is 1. The number of halogens is 1. The van der Waals surface area contributed by atoms with Crippen molar-refractivity contribution in [2.75, 3.05) is 7.11 Å². The van der Waals surface area contributed by atoms with Gasteiger partial charge in [-0.3, -0.25) is 9.59 Å². The number of aliphatic hydroxyl groups is 1. The van der Waals surface area contributed by atoms with Crippen molar-refractivity contribution < 1.29 is 28.5 Å². The first-order valence-electron chi connectivity index (χ1n) is 12.1. The maximum atomic E-state index is 13.9. The van der Waals surface area contributed by atoms with Crippen molar-refractivity contribution >= 4 is 5.97 Å². The molecule has 0 atom stereocenters. The van der Waals surface area contributed by atoms with Gasteiger partial charge in [-0.2, -0.15) is 0 Å². The highest BCUT2D eigenvalue weighted by molar-refractivity contribution is 5.77. The molecule has 3 aromatic rings. The zero-order valence-electron chi connectivity index (χ0n) is 21.9. The minimum atomic E-state index is -1.14. The molecule has 1 aromatic heterocycles. The largest absolute Gasteiger partial charge is 0.489 e. The lowest BCUT2D eigenvalue weighted by atomic mass is 9.82. The van der Waals surface area contributed by atoms with Gasteiger partial charge < -0.3 is 23.9 Å². The number of benzene rings is 2. The summed E-state index contributed by atoms with van der Waals surface area (Å²) in [7, 11) is 3.00. The molecule has 4 rings (SSSR count). The Balaban J connectivity index is 1.81. The summed E-state index contributed by atoms with van der Waals surface area (Å²) in [6, 6.07) is 9.54. The quantitative estimate of drug-likeness (QED) is 0.443. The second-order valence-electron chi connectivity index (χ2n) is 10.2. The van der Waals surface area contributed by atoms with Crippen LogP contribution in [0.1, 0.15) is 43.4 Å². The molecule has 1 aliphatic rings. The van der Waals surface area contributed by atoms with Crippen LogP contribution >= 0.6 is 0 Å². The third-order valence-electron chi connectivity index (χ3n) is 6.73. The standard InChI is InChI=1S/C29H32FNO6/c1-16-9-20(30)10-17(2)27(16)37-24-8-7-19(29(3,4)34)13-22(24)23-15-31(5)26(32)14-25(23)36-21-11-18(12-21)28(33)35-6/h7-10,13-15,18,21,34H,11-12H2,1-6H3/t18-,21+. The number of methoxy groups -OCH3 is 1. The zero-order chi connectivity index (χ0) is 27.1. The summed E-state index contributed by atoms with van der Waals surface area (Å²) < 4.78 is 32.7. The summed E-state index contributed by atoms with van der Waals surface area (Å²) in [6.07, 6.45) is 2.39. The molecule has 0 radical (unpaired) electrons. The maximum Gasteiger partial charge on any atom is 0.308 e. The average Bonchev–Trinajstić information content (AvgIpc) is 2.79. The number of pyridine rings is 1. The Morgan fingerprint density at radius 3 is 2.30 bits per heavy atom. The van der Waals surface area contributed by atoms with E-state index < -0.39 is 5.60 Å². The molecule has 7 nitrogen and oxygen atoms in total. The van der Waals surface area contributed by atoms with E-state index in [0.29, 0.717) is 57.9 Å². The monoisotopic (exact) mass is 509 g/mol. The molecule has 0 spiro atoms. The molecule has 1 aliphatic carbocycles. The molecular weight excluding hydrogens is 477 g/mol. The van der Waals surface area contributed by atoms with Gasteiger partial charge in [-0.25, -0.2) is 4.39 Å². The Morgan fingerprint density at radius 2 is 1.70 bits per heavy atom. The summed E-state index contributed by atoms with van der Waals surface area (Å²) in [6.45, 7) is 6.90. The van der Waals surface area contributed by atoms with Gasteiger partial charge in [0.1, 0.15) is 29.2 Å². The molecule has 1 heterocycles. The molecule has 1 N–H and O–H groups in total. The van der Waals surface area contributed by atoms with Crippen LogP contribution in [0.2, 0.25) is 0 Å². The molecule has 37 heavy (non-hydrogen) atoms. The number of carbonyl (C=O) groups excluding carboxylic acids is 1. The fourth-order valence-corrected chi connectivity index (χ4v) is 4.49. The molecule has 0 saturated heterocycles. The van der Waals surface area contributed by atoms with Gasteiger partial charge >= 0.3 is 5.97 Å². The number of rotatable bonds is 7. The maximum absolute atomic E-state index is 13.9. The van der Waals surface area contributed by atoms with Gasteiger partial charge in [0, 0.05) is 30.4 Å². The molecule has 0 bridgehead atoms. The summed E-state index contributed by atoms with van der Waals surface area (Å²) in [5.74, 6) is 0.469. The van der Waals surface area contributed by atoms with E-state index in [9.17, 15) is 19.1 Å². The van der Waals surface area contributed by atoms with E-state index in [2.05, 4.69) is 0 Å². The molecule has 0 unspecified atom stereocenters. The first kappa shape index (κ1) is 26.4. The number of hydrogen-bond acceptors (Lipinski definition) is 6. The molecule has 2 aromatic carbocycles. The predicted molar refractivity (Wildman–Crippen MR) is 137 cm³/mol. The number of esters is 1. The Hall–Kier alpha value is -3.65. The smallest absolute Gasteiger partial charge is 0.308 e. The SMILES string of the molecule is COC(=O)[C@H]1C[C@@H](Oc2cc(=O)n(C)cc2-c2cc(C(C)(C)O)ccc2Oc2c(C)cc(F)cc2C)C1. The van der Waals surface area contributed by atoms with Gasteiger partial charge in [0.15, 0.2) is 0 Å². The van der Waals surface area contributed by atoms with E-state index in [4.69, 9.17) is 14.2 Å². The van der Waals surface area contributed by atoms with Crippen molar-refractivity contribution in [3.8, 4) is 28.4 Å². The number of aromatic nitrogens is 1. The van der Waals surface area contributed by atoms with Crippen LogP contribution in [0.3, 0.4) is 0 Å². The average molecular weight is 510 g/mol. The Morgan fingerprint density at radius 1 is 1.05 bits per heavy atom. The summed E-state index contributed by atoms with van der Waals surface area (Å²) in [5, 5.41) is 10.7. The number of ether oxygens (including phenoxy) is 3. The first-order chi connectivity index (χ1) is 17.4. The summed E-state index contributed by atoms with van der Waals surface area (Å²) >= 11 is 0. The van der Waals surface area contributed by atoms with Crippen molar-refractivity contribution in [3.05, 3.63) is 75.5 Å². The van der Waals surface area contributed by atoms with Crippen molar-refractivity contribution in [2.24, 2.45) is 13.0 Å². The fourth-order valence-electron chi connectivity index (χ4n) is 4.49. The van der Waals surface area contributed by atoms with Gasteiger partial charge in [-0.05, 0) is 81.5 Å². The second-order valence-corrected chi connectivity index (χ2v) is 10.2. The normalized spacial score (nSPS) is 17.2. The lowest BCUT2D eigenvalue weighted by Gasteiger charge is -2.34. The third-order valence-corrected chi connectivity index (χ3v) is 6.73. The molecular formula is C29H32FNO6. The topological polar surface area (TPSA) is 87.0 Å². The van der Waals surface area contributed by atoms with Crippen LogP contribution in [0, 0.1) is 25.6 Å². The lowest BCUT2D eigenvalue weighted by molar-refractivity contribution is -0.151. The van der Waals surface area contributed by atoms with Crippen molar-refractivity contribution in [2.45, 2.75) is 52.2 Å². The minimum absolute atomic E-state index is 0.230. The Bertz CT molecular complexity index is 1380. The van der Waals surface area contributed by atoms with Gasteiger partial charge in [-0.1, -0.05) is 6.07 Å². The van der Waals surface area contributed by atoms with E-state index in [0.717, 1.165) is 0 Å². The number of aryl methyl sites for hydroxylation is 3. The highest BCUT2D eigenvalue weighted by Crippen LogP contribution is 2.43. The van der Waals surface area contributed by atoms with E-state index in [1.54, 1.807) is 59.1 Å². The second kappa shape index (κ2) is 10.0. The van der Waals surface area contributed by atoms with Crippen molar-refractivity contribution in [3.63, 3.8) is 0 Å². The summed E-state index contributed by atoms with van der Waals surface area (Å²) in [4.78, 5) is 24.4. The van der Waals surface area contributed by atoms with Crippen LogP contribution in [-0.2, 0) is 22.2 Å². The highest BCUT2D eigenvalue weighted by atomic mass is 19.1. The number of carbonyl (C=O) groups is 1. The molecule has 1 fully saturated rings. The van der Waals surface area contributed by atoms with Crippen LogP contribution in [0.25, 0.3) is 11.1 Å². The molecule has 8 heteroatoms. The van der Waals surface area contributed by atoms with Crippen LogP contribution in [-0.4, -0.2) is 28.9 Å². The van der Waals surface area contributed by atoms with E-state index >= 15 is 0 Å². The minimum Gasteiger partial charge on any atom is -0.489 e. The van der Waals surface area contributed by atoms with Crippen LogP contribution in [0.4, 0.5) is 4.39 Å². The zero-order valence-corrected chi connectivity index (χ0v) is 21.9. The molecule has 1 saturated carbocycles. The third kappa shape index (κ3) is 5.54. The van der Waals surface area contributed by atoms with Crippen molar-refractivity contribution in [1.82, 2.24) is 4.57 Å². The number of hydrogen-bond donors (Lipinski definition) is 1. The molecule has 196 valence electrons. The van der Waals surface area contributed by atoms with Gasteiger partial charge in [0.25, 0.3) is 5.56 Å². The Kier molecular flexibility index (Phi) is 7.15. The summed E-state index contributed by atoms with van der Waals surface area (Å²) in [5.41, 5.74) is 1.69. The predicted octanol–water partition coefficient (Wildman–Crippen LogP) is 5.16. The van der Waals surface area contributed by atoms with Crippen LogP contribution in [0.5, 0.6) is 17.2 Å². The van der Waals surface area contributed by atoms with Crippen LogP contribution in [0.15, 0.2) is 47.4 Å². The molecule has 0 aliphatic heterocycles. The fraction of sp³-hybridized carbons (Fsp3) is 0.379. The van der Waals surface area contributed by atoms with E-state index in [1.807, 2.05) is 0 Å². The van der Waals surface area contributed by atoms with Gasteiger partial charge in [0.05, 0.1) is 18.6 Å². The van der Waals surface area contributed by atoms with E-state index in [1.165, 1.54) is 29.9 Å². The highest BCUT2D eigenvalue weighted by Gasteiger charge is 2.37. The lowest BCUT2D eigenvalue weighted by Crippen LogP contribution is -2.39. The molecule has 0 amide bonds. The van der Waals surface area contributed by atoms with Crippen molar-refractivity contribution in [1.29, 1.82) is 0 Å². The van der Waals surface area contributed by atoms with Crippen LogP contribution < -0.4 is 15.0 Å². The van der Waals surface area contributed by atoms with E-state index in [-0.39, 0.29) is 29.4 Å². The Labute approximate surface area is 215 Å². The van der Waals surface area contributed by atoms with Gasteiger partial charge in [0.2, 0.25) is 0 Å². The van der Waals surface area contributed by atoms with Gasteiger partial charge in [-0.15, -0.1) is 0 Å².